The van der Waals surface area contributed by atoms with E-state index in [-0.39, 0.29) is 64.9 Å². The molecule has 0 radical (unpaired) electrons. The Hall–Kier alpha value is -6.87. The summed E-state index contributed by atoms with van der Waals surface area (Å²) in [5.74, 6) is 2.05. The van der Waals surface area contributed by atoms with Crippen molar-refractivity contribution in [3.05, 3.63) is 171 Å². The molecule has 516 valence electrons. The number of rotatable bonds is 11. The topological polar surface area (TPSA) is 262 Å². The molecule has 3 fully saturated rings. The number of hydrogen-bond donors (Lipinski definition) is 4. The number of benzene rings is 3. The molecule has 21 nitrogen and oxygen atoms in total. The number of likely N-dealkylation sites (tertiary alicyclic amines) is 2. The van der Waals surface area contributed by atoms with Gasteiger partial charge in [0.1, 0.15) is 53.2 Å². The Morgan fingerprint density at radius 2 is 0.823 bits per heavy atom. The highest BCUT2D eigenvalue weighted by atomic mass is 35.5. The number of aryl methyl sites for hydroxylation is 3. The average Bonchev–Trinajstić information content (AvgIpc) is 1.19. The molecule has 15 rings (SSSR count). The van der Waals surface area contributed by atoms with Gasteiger partial charge in [-0.1, -0.05) is 15.5 Å². The van der Waals surface area contributed by atoms with Crippen molar-refractivity contribution in [2.75, 3.05) is 58.2 Å². The van der Waals surface area contributed by atoms with Crippen LogP contribution >= 0.6 is 36.4 Å². The lowest BCUT2D eigenvalue weighted by Crippen LogP contribution is -2.37. The fourth-order valence-corrected chi connectivity index (χ4v) is 14.6. The van der Waals surface area contributed by atoms with Gasteiger partial charge in [-0.25, -0.2) is 28.1 Å². The van der Waals surface area contributed by atoms with Crippen LogP contribution in [-0.4, -0.2) is 127 Å². The SMILES string of the molecule is Cc1nc2n(c(=O)c1CCCl)CCCC2O.Cc1nc2n(c(=O)c1CCN1CCC(c3noc4cc(F)ccc34)CC1)CCCC2O.Cc1nc2n(c(=O)c1CCN1CCC(c3noc4ccc(F)cc34)CC1)CCCC2O.Cl.Cl.Fc1ccc2c(C3CCNCC3)noc2c1. The van der Waals surface area contributed by atoms with Crippen LogP contribution in [0.3, 0.4) is 0 Å². The summed E-state index contributed by atoms with van der Waals surface area (Å²) >= 11 is 5.67. The van der Waals surface area contributed by atoms with E-state index in [0.29, 0.717) is 121 Å². The number of aromatic nitrogens is 9. The van der Waals surface area contributed by atoms with Crippen molar-refractivity contribution < 1.29 is 42.1 Å². The van der Waals surface area contributed by atoms with Gasteiger partial charge in [-0.15, -0.1) is 36.4 Å². The first-order valence-corrected chi connectivity index (χ1v) is 33.8. The van der Waals surface area contributed by atoms with Crippen LogP contribution < -0.4 is 22.0 Å². The fraction of sp³-hybridized carbons (Fsp3) is 0.522. The molecular formula is C69H84Cl3F3N12O9. The molecule has 0 amide bonds. The van der Waals surface area contributed by atoms with Crippen LogP contribution in [0.15, 0.2) is 82.6 Å². The molecular weight excluding hydrogens is 1300 g/mol. The second-order valence-electron chi connectivity index (χ2n) is 25.8. The highest BCUT2D eigenvalue weighted by Crippen LogP contribution is 2.36. The van der Waals surface area contributed by atoms with Crippen LogP contribution in [0.1, 0.15) is 181 Å². The lowest BCUT2D eigenvalue weighted by molar-refractivity contribution is 0.129. The summed E-state index contributed by atoms with van der Waals surface area (Å²) in [4.78, 5) is 56.2. The van der Waals surface area contributed by atoms with Crippen molar-refractivity contribution in [2.45, 2.75) is 173 Å². The summed E-state index contributed by atoms with van der Waals surface area (Å²) < 4.78 is 60.8. The van der Waals surface area contributed by atoms with Crippen molar-refractivity contribution in [2.24, 2.45) is 0 Å². The van der Waals surface area contributed by atoms with E-state index < -0.39 is 18.3 Å². The number of aliphatic hydroxyl groups is 3. The molecule has 0 saturated carbocycles. The lowest BCUT2D eigenvalue weighted by atomic mass is 9.91. The van der Waals surface area contributed by atoms with Gasteiger partial charge in [0.2, 0.25) is 0 Å². The first-order valence-electron chi connectivity index (χ1n) is 33.2. The van der Waals surface area contributed by atoms with Gasteiger partial charge in [-0.3, -0.25) is 28.1 Å². The molecule has 0 bridgehead atoms. The van der Waals surface area contributed by atoms with E-state index in [1.54, 1.807) is 38.8 Å². The number of nitrogens with one attached hydrogen (secondary N) is 1. The van der Waals surface area contributed by atoms with E-state index in [4.69, 9.17) is 25.2 Å². The average molecular weight is 1390 g/mol. The Bertz CT molecular complexity index is 4350. The highest BCUT2D eigenvalue weighted by molar-refractivity contribution is 6.18. The maximum Gasteiger partial charge on any atom is 0.257 e. The molecule has 4 N–H and O–H groups in total. The van der Waals surface area contributed by atoms with Crippen molar-refractivity contribution in [1.29, 1.82) is 0 Å². The summed E-state index contributed by atoms with van der Waals surface area (Å²) in [6.45, 7) is 14.7. The standard InChI is InChI=1S/2C23H27FN4O3.C12H13FN2O.C11H15ClN2O2.2ClH/c1-14-17(23(30)28-9-2-3-19(29)22(28)25-14)8-12-27-10-6-15(7-11-27)21-18-13-16(24)4-5-20(18)31-26-21;1-14-17(23(30)28-9-2-3-19(29)22(28)25-14)8-12-27-10-6-15(7-11-27)21-18-5-4-16(24)13-20(18)31-26-21;13-9-1-2-10-11(7-9)16-15-12(10)8-3-5-14-6-4-8;1-7-8(4-5-12)11(16)14-6-2-3-9(15)10(14)13-7;;/h2*4-5,13,15,19,29H,2-3,6-12H2,1H3;1-2,7-8,14H,3-6H2;9,15H,2-6H2,1H3;2*1H. The number of nitrogens with zero attached hydrogens (tertiary/aromatic N) is 11. The van der Waals surface area contributed by atoms with E-state index in [0.717, 1.165) is 166 Å². The van der Waals surface area contributed by atoms with Gasteiger partial charge in [-0.2, -0.15) is 0 Å². The number of aliphatic hydroxyl groups excluding tert-OH is 3. The normalized spacial score (nSPS) is 19.4. The van der Waals surface area contributed by atoms with Crippen LogP contribution in [0.2, 0.25) is 0 Å². The summed E-state index contributed by atoms with van der Waals surface area (Å²) in [6.07, 6.45) is 10.3. The first-order chi connectivity index (χ1) is 45.5. The number of piperidine rings is 3. The minimum atomic E-state index is -0.644. The zero-order valence-electron chi connectivity index (χ0n) is 54.3. The Morgan fingerprint density at radius 1 is 0.469 bits per heavy atom. The zero-order chi connectivity index (χ0) is 65.7. The smallest absolute Gasteiger partial charge is 0.257 e. The van der Waals surface area contributed by atoms with Gasteiger partial charge >= 0.3 is 0 Å². The zero-order valence-corrected chi connectivity index (χ0v) is 56.7. The minimum Gasteiger partial charge on any atom is -0.385 e. The maximum atomic E-state index is 13.7. The van der Waals surface area contributed by atoms with Gasteiger partial charge in [-0.05, 0) is 199 Å². The monoisotopic (exact) mass is 1390 g/mol. The summed E-state index contributed by atoms with van der Waals surface area (Å²) in [5, 5.41) is 48.5. The summed E-state index contributed by atoms with van der Waals surface area (Å²) in [5.41, 5.74) is 8.70. The predicted molar refractivity (Wildman–Crippen MR) is 362 cm³/mol. The molecule has 0 aliphatic carbocycles. The molecule has 6 aromatic heterocycles. The van der Waals surface area contributed by atoms with Crippen LogP contribution in [0.4, 0.5) is 13.2 Å². The van der Waals surface area contributed by atoms with E-state index in [2.05, 4.69) is 45.5 Å². The van der Waals surface area contributed by atoms with Gasteiger partial charge in [0.15, 0.2) is 16.7 Å². The molecule has 27 heteroatoms. The number of fused-ring (bicyclic) bond motifs is 6. The maximum absolute atomic E-state index is 13.7. The van der Waals surface area contributed by atoms with Crippen molar-refractivity contribution in [3.63, 3.8) is 0 Å². The largest absolute Gasteiger partial charge is 0.385 e. The van der Waals surface area contributed by atoms with Crippen molar-refractivity contribution >= 4 is 69.3 Å². The third-order valence-electron chi connectivity index (χ3n) is 19.7. The highest BCUT2D eigenvalue weighted by Gasteiger charge is 2.31. The fourth-order valence-electron chi connectivity index (χ4n) is 14.4. The third kappa shape index (κ3) is 15.8. The van der Waals surface area contributed by atoms with Gasteiger partial charge < -0.3 is 44.0 Å². The molecule has 3 unspecified atom stereocenters. The second kappa shape index (κ2) is 32.2. The molecule has 3 atom stereocenters. The van der Waals surface area contributed by atoms with E-state index >= 15 is 0 Å². The summed E-state index contributed by atoms with van der Waals surface area (Å²) in [6, 6.07) is 13.7. The van der Waals surface area contributed by atoms with Gasteiger partial charge in [0, 0.05) is 118 Å². The molecule has 12 heterocycles. The third-order valence-corrected chi connectivity index (χ3v) is 19.9. The molecule has 3 aromatic carbocycles. The second-order valence-corrected chi connectivity index (χ2v) is 26.1. The van der Waals surface area contributed by atoms with E-state index in [1.807, 2.05) is 13.8 Å². The minimum absolute atomic E-state index is 0. The van der Waals surface area contributed by atoms with Gasteiger partial charge in [0.05, 0.1) is 17.1 Å². The molecule has 3 saturated heterocycles. The molecule has 6 aliphatic rings. The van der Waals surface area contributed by atoms with Crippen LogP contribution in [0, 0.1) is 38.2 Å². The molecule has 96 heavy (non-hydrogen) atoms. The Morgan fingerprint density at radius 3 is 1.23 bits per heavy atom. The van der Waals surface area contributed by atoms with E-state index in [9.17, 15) is 42.9 Å². The Labute approximate surface area is 570 Å². The Balaban J connectivity index is 0.000000145. The van der Waals surface area contributed by atoms with Crippen molar-refractivity contribution in [1.82, 2.24) is 59.2 Å². The quantitative estimate of drug-likeness (QED) is 0.0877. The van der Waals surface area contributed by atoms with Gasteiger partial charge in [0.25, 0.3) is 16.7 Å². The van der Waals surface area contributed by atoms with Crippen LogP contribution in [0.5, 0.6) is 0 Å². The number of alkyl halides is 1. The summed E-state index contributed by atoms with van der Waals surface area (Å²) in [7, 11) is 0. The molecule has 6 aliphatic heterocycles. The predicted octanol–water partition coefficient (Wildman–Crippen LogP) is 10.6. The first kappa shape index (κ1) is 71.9. The van der Waals surface area contributed by atoms with Crippen molar-refractivity contribution in [3.8, 4) is 0 Å². The number of halogens is 6. The van der Waals surface area contributed by atoms with E-state index in [1.165, 1.54) is 36.4 Å². The van der Waals surface area contributed by atoms with Crippen LogP contribution in [-0.2, 0) is 38.9 Å². The number of hydrogen-bond acceptors (Lipinski definition) is 18. The molecule has 0 spiro atoms. The molecule has 9 aromatic rings. The lowest BCUT2D eigenvalue weighted by Gasteiger charge is -2.31. The Kier molecular flexibility index (Phi) is 24.1. The van der Waals surface area contributed by atoms with Crippen LogP contribution in [0.25, 0.3) is 32.9 Å².